The van der Waals surface area contributed by atoms with Gasteiger partial charge in [0, 0.05) is 0 Å². The summed E-state index contributed by atoms with van der Waals surface area (Å²) in [6.45, 7) is 16.4. The van der Waals surface area contributed by atoms with E-state index < -0.39 is 8.07 Å². The van der Waals surface area contributed by atoms with Crippen LogP contribution < -0.4 is 5.19 Å². The second-order valence-electron chi connectivity index (χ2n) is 6.59. The summed E-state index contributed by atoms with van der Waals surface area (Å²) in [5.41, 5.74) is 7.39. The molecule has 0 saturated carbocycles. The molecule has 0 spiro atoms. The van der Waals surface area contributed by atoms with E-state index in [4.69, 9.17) is 0 Å². The van der Waals surface area contributed by atoms with Crippen molar-refractivity contribution in [2.45, 2.75) is 54.1 Å². The highest BCUT2D eigenvalue weighted by molar-refractivity contribution is 6.96. The molecule has 0 bridgehead atoms. The van der Waals surface area contributed by atoms with Crippen molar-refractivity contribution in [3.05, 3.63) is 51.2 Å². The summed E-state index contributed by atoms with van der Waals surface area (Å²) in [4.78, 5) is 0. The Morgan fingerprint density at radius 3 is 1.84 bits per heavy atom. The van der Waals surface area contributed by atoms with Gasteiger partial charge < -0.3 is 0 Å². The summed E-state index contributed by atoms with van der Waals surface area (Å²) in [7, 11) is -1.54. The van der Waals surface area contributed by atoms with Crippen molar-refractivity contribution >= 4 is 13.3 Å². The minimum atomic E-state index is -1.54. The van der Waals surface area contributed by atoms with Crippen molar-refractivity contribution in [2.24, 2.45) is 0 Å². The fourth-order valence-electron chi connectivity index (χ4n) is 3.84. The maximum Gasteiger partial charge on any atom is 0.109 e. The average molecular weight is 270 g/mol. The molecule has 0 aromatic heterocycles. The van der Waals surface area contributed by atoms with Gasteiger partial charge in [0.25, 0.3) is 0 Å². The summed E-state index contributed by atoms with van der Waals surface area (Å²) >= 11 is 0. The molecule has 0 N–H and O–H groups in total. The van der Waals surface area contributed by atoms with Crippen LogP contribution in [-0.4, -0.2) is 8.07 Å². The molecule has 1 aromatic carbocycles. The van der Waals surface area contributed by atoms with E-state index in [1.165, 1.54) is 28.7 Å². The molecule has 1 aromatic rings. The first-order valence-corrected chi connectivity index (χ1v) is 10.2. The predicted molar refractivity (Wildman–Crippen MR) is 88.8 cm³/mol. The van der Waals surface area contributed by atoms with Crippen molar-refractivity contribution in [3.63, 3.8) is 0 Å². The zero-order valence-electron chi connectivity index (χ0n) is 13.4. The van der Waals surface area contributed by atoms with E-state index >= 15 is 0 Å². The topological polar surface area (TPSA) is 0 Å². The van der Waals surface area contributed by atoms with Crippen molar-refractivity contribution < 1.29 is 0 Å². The molecule has 0 fully saturated rings. The lowest BCUT2D eigenvalue weighted by Crippen LogP contribution is -2.47. The van der Waals surface area contributed by atoms with E-state index in [0.717, 1.165) is 0 Å². The van der Waals surface area contributed by atoms with Gasteiger partial charge in [0.05, 0.1) is 0 Å². The van der Waals surface area contributed by atoms with Gasteiger partial charge in [-0.25, -0.2) is 0 Å². The molecule has 1 aliphatic rings. The molecule has 2 rings (SSSR count). The van der Waals surface area contributed by atoms with Gasteiger partial charge in [-0.3, -0.25) is 0 Å². The van der Waals surface area contributed by atoms with E-state index in [9.17, 15) is 0 Å². The fraction of sp³-hybridized carbons (Fsp3) is 0.444. The zero-order valence-corrected chi connectivity index (χ0v) is 14.4. The Hall–Kier alpha value is -1.08. The third kappa shape index (κ3) is 2.36. The van der Waals surface area contributed by atoms with E-state index in [0.29, 0.717) is 0 Å². The number of allylic oxidation sites excluding steroid dienone is 4. The molecule has 0 saturated heterocycles. The molecule has 0 unspecified atom stereocenters. The average Bonchev–Trinajstić information content (AvgIpc) is 2.57. The first-order chi connectivity index (χ1) is 8.75. The highest BCUT2D eigenvalue weighted by Gasteiger charge is 2.33. The lowest BCUT2D eigenvalue weighted by Gasteiger charge is -2.30. The lowest BCUT2D eigenvalue weighted by atomic mass is 10.1. The highest BCUT2D eigenvalue weighted by Crippen LogP contribution is 2.33. The van der Waals surface area contributed by atoms with E-state index in [1.54, 1.807) is 16.0 Å². The Kier molecular flexibility index (Phi) is 3.61. The molecular formula is C18H26Si. The number of benzene rings is 1. The Morgan fingerprint density at radius 1 is 0.895 bits per heavy atom. The van der Waals surface area contributed by atoms with Gasteiger partial charge in [-0.15, -0.1) is 0 Å². The molecule has 1 heteroatoms. The second-order valence-corrected chi connectivity index (χ2v) is 10.9. The predicted octanol–water partition coefficient (Wildman–Crippen LogP) is 4.73. The quantitative estimate of drug-likeness (QED) is 0.681. The molecule has 0 aliphatic heterocycles. The van der Waals surface area contributed by atoms with Crippen LogP contribution in [0, 0.1) is 20.8 Å². The molecule has 0 nitrogen and oxygen atoms in total. The highest BCUT2D eigenvalue weighted by atomic mass is 28.3. The van der Waals surface area contributed by atoms with E-state index in [2.05, 4.69) is 65.9 Å². The van der Waals surface area contributed by atoms with Crippen LogP contribution in [0.2, 0.25) is 13.1 Å². The van der Waals surface area contributed by atoms with Gasteiger partial charge in [0.15, 0.2) is 0 Å². The number of aryl methyl sites for hydroxylation is 3. The Morgan fingerprint density at radius 2 is 1.42 bits per heavy atom. The van der Waals surface area contributed by atoms with Crippen LogP contribution >= 0.6 is 0 Å². The molecule has 1 aliphatic carbocycles. The summed E-state index contributed by atoms with van der Waals surface area (Å²) in [6.07, 6.45) is 3.57. The van der Waals surface area contributed by atoms with Gasteiger partial charge in [-0.1, -0.05) is 64.3 Å². The summed E-state index contributed by atoms with van der Waals surface area (Å²) in [5, 5.41) is 3.37. The molecule has 102 valence electrons. The van der Waals surface area contributed by atoms with Gasteiger partial charge >= 0.3 is 0 Å². The first-order valence-electron chi connectivity index (χ1n) is 7.21. The largest absolute Gasteiger partial charge is 0.109 e. The number of hydrogen-bond donors (Lipinski definition) is 0. The molecule has 19 heavy (non-hydrogen) atoms. The van der Waals surface area contributed by atoms with Gasteiger partial charge in [0.1, 0.15) is 8.07 Å². The molecular weight excluding hydrogens is 244 g/mol. The second kappa shape index (κ2) is 4.79. The van der Waals surface area contributed by atoms with Crippen LogP contribution in [0.5, 0.6) is 0 Å². The van der Waals surface area contributed by atoms with Crippen LogP contribution in [0.15, 0.2) is 34.6 Å². The monoisotopic (exact) mass is 270 g/mol. The van der Waals surface area contributed by atoms with Crippen LogP contribution in [0.4, 0.5) is 0 Å². The van der Waals surface area contributed by atoms with Gasteiger partial charge in [-0.05, 0) is 46.2 Å². The fourth-order valence-corrected chi connectivity index (χ4v) is 8.00. The van der Waals surface area contributed by atoms with Crippen molar-refractivity contribution in [1.29, 1.82) is 0 Å². The Bertz CT molecular complexity index is 563. The van der Waals surface area contributed by atoms with Gasteiger partial charge in [0.2, 0.25) is 0 Å². The summed E-state index contributed by atoms with van der Waals surface area (Å²) in [5.74, 6) is 0. The van der Waals surface area contributed by atoms with Crippen LogP contribution in [0.1, 0.15) is 37.0 Å². The van der Waals surface area contributed by atoms with Crippen LogP contribution in [0.25, 0.3) is 0 Å². The summed E-state index contributed by atoms with van der Waals surface area (Å²) < 4.78 is 0. The third-order valence-corrected chi connectivity index (χ3v) is 8.84. The Labute approximate surface area is 119 Å². The number of rotatable bonds is 2. The van der Waals surface area contributed by atoms with E-state index in [-0.39, 0.29) is 0 Å². The molecule has 0 amide bonds. The van der Waals surface area contributed by atoms with Crippen molar-refractivity contribution in [3.8, 4) is 0 Å². The van der Waals surface area contributed by atoms with Crippen LogP contribution in [-0.2, 0) is 0 Å². The molecule has 0 heterocycles. The first kappa shape index (κ1) is 14.3. The van der Waals surface area contributed by atoms with Gasteiger partial charge in [-0.2, -0.15) is 0 Å². The maximum absolute atomic E-state index is 2.52. The maximum atomic E-state index is 2.52. The number of hydrogen-bond acceptors (Lipinski definition) is 0. The molecule has 0 atom stereocenters. The normalized spacial score (nSPS) is 16.1. The minimum Gasteiger partial charge on any atom is -0.0776 e. The zero-order chi connectivity index (χ0) is 14.4. The van der Waals surface area contributed by atoms with Crippen LogP contribution in [0.3, 0.4) is 0 Å². The SMILES string of the molecule is CC1=CCC([Si](C)(C)c2c(C)cc(C)cc2C)=C1C. The van der Waals surface area contributed by atoms with Crippen molar-refractivity contribution in [2.75, 3.05) is 0 Å². The van der Waals surface area contributed by atoms with Crippen molar-refractivity contribution in [1.82, 2.24) is 0 Å². The van der Waals surface area contributed by atoms with E-state index in [1.807, 2.05) is 0 Å². The Balaban J connectivity index is 2.59. The smallest absolute Gasteiger partial charge is 0.0776 e. The standard InChI is InChI=1S/C18H26Si/c1-12-10-14(3)18(15(4)11-12)19(6,7)17-9-8-13(2)16(17)5/h8,10-11H,9H2,1-7H3. The summed E-state index contributed by atoms with van der Waals surface area (Å²) in [6, 6.07) is 4.70. The lowest BCUT2D eigenvalue weighted by molar-refractivity contribution is 1.30. The molecule has 0 radical (unpaired) electrons. The minimum absolute atomic E-state index is 1.17. The third-order valence-electron chi connectivity index (χ3n) is 4.71.